The summed E-state index contributed by atoms with van der Waals surface area (Å²) >= 11 is 11.3. The molecule has 0 saturated heterocycles. The molecule has 0 aliphatic heterocycles. The number of aromatic nitrogens is 2. The minimum Gasteiger partial charge on any atom is -0.507 e. The van der Waals surface area contributed by atoms with Gasteiger partial charge in [-0.3, -0.25) is 20.0 Å². The van der Waals surface area contributed by atoms with E-state index in [1.165, 1.54) is 18.3 Å². The summed E-state index contributed by atoms with van der Waals surface area (Å²) in [6.07, 6.45) is 9.91. The minimum absolute atomic E-state index is 0.204. The van der Waals surface area contributed by atoms with E-state index in [2.05, 4.69) is 146 Å². The lowest BCUT2D eigenvalue weighted by Gasteiger charge is -2.01. The topological polar surface area (TPSA) is 91.0 Å². The predicted molar refractivity (Wildman–Crippen MR) is 212 cm³/mol. The van der Waals surface area contributed by atoms with Crippen LogP contribution in [0.25, 0.3) is 11.1 Å². The highest BCUT2D eigenvalue weighted by molar-refractivity contribution is 14.1. The standard InChI is InChI=1S/2C12H9BrN2O.C12H8I2/c2*13-10-3-4-12(16)9(6-10)7-15-11-2-1-5-14-8-11;13-11-5-1-9(2-6-11)10-3-7-12(14)8-4-10/h2*1-8,16H;1-8H. The molecule has 10 heteroatoms. The fraction of sp³-hybridized carbons (Fsp3) is 0. The number of hydrogen-bond donors (Lipinski definition) is 2. The molecule has 0 fully saturated rings. The molecule has 6 rings (SSSR count). The van der Waals surface area contributed by atoms with Crippen LogP contribution in [0.3, 0.4) is 0 Å². The van der Waals surface area contributed by atoms with Gasteiger partial charge in [-0.15, -0.1) is 0 Å². The molecular weight excluding hydrogens is 934 g/mol. The molecule has 0 aliphatic carbocycles. The second-order valence-electron chi connectivity index (χ2n) is 9.36. The van der Waals surface area contributed by atoms with E-state index in [0.29, 0.717) is 11.1 Å². The Morgan fingerprint density at radius 2 is 0.935 bits per heavy atom. The maximum absolute atomic E-state index is 9.59. The molecule has 0 aliphatic rings. The molecule has 230 valence electrons. The lowest BCUT2D eigenvalue weighted by atomic mass is 10.1. The molecule has 0 bridgehead atoms. The first-order chi connectivity index (χ1) is 22.3. The number of phenols is 2. The van der Waals surface area contributed by atoms with Crippen LogP contribution in [0, 0.1) is 7.14 Å². The van der Waals surface area contributed by atoms with E-state index >= 15 is 0 Å². The summed E-state index contributed by atoms with van der Waals surface area (Å²) in [4.78, 5) is 16.3. The summed E-state index contributed by atoms with van der Waals surface area (Å²) in [6.45, 7) is 0. The maximum Gasteiger partial charge on any atom is 0.124 e. The fourth-order valence-electron chi connectivity index (χ4n) is 3.69. The number of halogens is 4. The third kappa shape index (κ3) is 12.0. The third-order valence-corrected chi connectivity index (χ3v) is 8.42. The van der Waals surface area contributed by atoms with Crippen LogP contribution in [0.4, 0.5) is 11.4 Å². The molecule has 0 amide bonds. The molecule has 2 N–H and O–H groups in total. The molecule has 6 nitrogen and oxygen atoms in total. The van der Waals surface area contributed by atoms with Gasteiger partial charge >= 0.3 is 0 Å². The zero-order valence-electron chi connectivity index (χ0n) is 24.1. The quantitative estimate of drug-likeness (QED) is 0.133. The van der Waals surface area contributed by atoms with E-state index in [1.807, 2.05) is 24.3 Å². The average Bonchev–Trinajstić information content (AvgIpc) is 3.08. The van der Waals surface area contributed by atoms with Crippen LogP contribution in [-0.4, -0.2) is 32.6 Å². The fourth-order valence-corrected chi connectivity index (χ4v) is 5.17. The molecule has 2 heterocycles. The van der Waals surface area contributed by atoms with Crippen molar-refractivity contribution in [2.45, 2.75) is 0 Å². The zero-order chi connectivity index (χ0) is 32.7. The van der Waals surface area contributed by atoms with Crippen LogP contribution in [0.1, 0.15) is 11.1 Å². The number of benzene rings is 4. The van der Waals surface area contributed by atoms with E-state index in [1.54, 1.807) is 73.6 Å². The van der Waals surface area contributed by atoms with E-state index in [9.17, 15) is 10.2 Å². The zero-order valence-corrected chi connectivity index (χ0v) is 31.5. The van der Waals surface area contributed by atoms with Gasteiger partial charge in [-0.2, -0.15) is 0 Å². The molecule has 0 spiro atoms. The van der Waals surface area contributed by atoms with Crippen LogP contribution in [0.2, 0.25) is 0 Å². The summed E-state index contributed by atoms with van der Waals surface area (Å²) in [5.74, 6) is 0.409. The van der Waals surface area contributed by atoms with Crippen molar-refractivity contribution in [3.05, 3.63) is 161 Å². The van der Waals surface area contributed by atoms with E-state index in [0.717, 1.165) is 20.3 Å². The lowest BCUT2D eigenvalue weighted by Crippen LogP contribution is -1.82. The van der Waals surface area contributed by atoms with Gasteiger partial charge in [0, 0.05) is 52.0 Å². The van der Waals surface area contributed by atoms with Crippen molar-refractivity contribution in [3.8, 4) is 22.6 Å². The molecule has 4 aromatic carbocycles. The third-order valence-electron chi connectivity index (χ3n) is 6.00. The number of rotatable bonds is 5. The largest absolute Gasteiger partial charge is 0.507 e. The maximum atomic E-state index is 9.59. The summed E-state index contributed by atoms with van der Waals surface area (Å²) in [6, 6.07) is 34.9. The van der Waals surface area contributed by atoms with E-state index < -0.39 is 0 Å². The number of aromatic hydroxyl groups is 2. The van der Waals surface area contributed by atoms with E-state index in [4.69, 9.17) is 0 Å². The first-order valence-electron chi connectivity index (χ1n) is 13.6. The highest BCUT2D eigenvalue weighted by Crippen LogP contribution is 2.23. The normalized spacial score (nSPS) is 10.6. The Morgan fingerprint density at radius 3 is 1.28 bits per heavy atom. The number of aliphatic imine (C=N–C) groups is 2. The summed E-state index contributed by atoms with van der Waals surface area (Å²) in [5.41, 5.74) is 5.39. The van der Waals surface area contributed by atoms with E-state index in [-0.39, 0.29) is 11.5 Å². The van der Waals surface area contributed by atoms with Gasteiger partial charge < -0.3 is 10.2 Å². The van der Waals surface area contributed by atoms with Crippen molar-refractivity contribution >= 4 is 101 Å². The van der Waals surface area contributed by atoms with Gasteiger partial charge in [-0.05, 0) is 141 Å². The number of phenolic OH excluding ortho intramolecular Hbond substituents is 2. The highest BCUT2D eigenvalue weighted by Gasteiger charge is 2.00. The molecule has 0 saturated carbocycles. The van der Waals surface area contributed by atoms with Gasteiger partial charge in [0.05, 0.1) is 23.8 Å². The van der Waals surface area contributed by atoms with Gasteiger partial charge in [0.15, 0.2) is 0 Å². The molecule has 0 atom stereocenters. The Morgan fingerprint density at radius 1 is 0.543 bits per heavy atom. The van der Waals surface area contributed by atoms with Crippen LogP contribution < -0.4 is 0 Å². The molecule has 2 aromatic heterocycles. The van der Waals surface area contributed by atoms with Crippen molar-refractivity contribution in [1.29, 1.82) is 0 Å². The van der Waals surface area contributed by atoms with Gasteiger partial charge in [-0.25, -0.2) is 0 Å². The number of nitrogens with zero attached hydrogens (tertiary/aromatic N) is 4. The van der Waals surface area contributed by atoms with Gasteiger partial charge in [0.25, 0.3) is 0 Å². The monoisotopic (exact) mass is 958 g/mol. The summed E-state index contributed by atoms with van der Waals surface area (Å²) < 4.78 is 4.35. The second kappa shape index (κ2) is 18.6. The van der Waals surface area contributed by atoms with Crippen molar-refractivity contribution in [2.24, 2.45) is 9.98 Å². The summed E-state index contributed by atoms with van der Waals surface area (Å²) in [5, 5.41) is 19.2. The van der Waals surface area contributed by atoms with Crippen molar-refractivity contribution in [1.82, 2.24) is 9.97 Å². The van der Waals surface area contributed by atoms with Crippen molar-refractivity contribution < 1.29 is 10.2 Å². The number of pyridine rings is 2. The first-order valence-corrected chi connectivity index (χ1v) is 17.4. The van der Waals surface area contributed by atoms with Crippen molar-refractivity contribution in [3.63, 3.8) is 0 Å². The Hall–Kier alpha value is -3.46. The number of hydrogen-bond acceptors (Lipinski definition) is 6. The molecular formula is C36H26Br2I2N4O2. The predicted octanol–water partition coefficient (Wildman–Crippen LogP) is 11.2. The second-order valence-corrected chi connectivity index (χ2v) is 13.7. The SMILES string of the molecule is Ic1ccc(-c2ccc(I)cc2)cc1.Oc1ccc(Br)cc1C=Nc1cccnc1.Oc1ccc(Br)cc1C=Nc1cccnc1. The van der Waals surface area contributed by atoms with Crippen LogP contribution >= 0.6 is 77.0 Å². The van der Waals surface area contributed by atoms with Gasteiger partial charge in [0.2, 0.25) is 0 Å². The first kappa shape index (κ1) is 35.4. The van der Waals surface area contributed by atoms with Crippen LogP contribution in [0.15, 0.2) is 153 Å². The van der Waals surface area contributed by atoms with Gasteiger partial charge in [-0.1, -0.05) is 56.1 Å². The molecule has 6 aromatic rings. The molecule has 0 unspecified atom stereocenters. The Labute approximate surface area is 312 Å². The smallest absolute Gasteiger partial charge is 0.124 e. The minimum atomic E-state index is 0.204. The molecule has 0 radical (unpaired) electrons. The van der Waals surface area contributed by atoms with Crippen LogP contribution in [0.5, 0.6) is 11.5 Å². The van der Waals surface area contributed by atoms with Crippen molar-refractivity contribution in [2.75, 3.05) is 0 Å². The molecule has 46 heavy (non-hydrogen) atoms. The Bertz CT molecular complexity index is 1750. The van der Waals surface area contributed by atoms with Crippen LogP contribution in [-0.2, 0) is 0 Å². The average molecular weight is 960 g/mol. The summed E-state index contributed by atoms with van der Waals surface area (Å²) in [7, 11) is 0. The van der Waals surface area contributed by atoms with Gasteiger partial charge in [0.1, 0.15) is 11.5 Å². The Balaban J connectivity index is 0.000000157. The Kier molecular flexibility index (Phi) is 14.3. The highest BCUT2D eigenvalue weighted by atomic mass is 127. The lowest BCUT2D eigenvalue weighted by molar-refractivity contribution is 0.474.